The summed E-state index contributed by atoms with van der Waals surface area (Å²) in [6.45, 7) is 5.73. The van der Waals surface area contributed by atoms with E-state index < -0.39 is 5.60 Å². The van der Waals surface area contributed by atoms with E-state index in [0.717, 1.165) is 25.7 Å². The number of nitrogens with zero attached hydrogens (tertiary/aromatic N) is 4. The molecule has 2 atom stereocenters. The molecule has 2 unspecified atom stereocenters. The molecule has 2 fully saturated rings. The fraction of sp³-hybridized carbons (Fsp3) is 0.786. The number of amides is 1. The van der Waals surface area contributed by atoms with E-state index in [-0.39, 0.29) is 18.2 Å². The summed E-state index contributed by atoms with van der Waals surface area (Å²) < 4.78 is 5.53. The van der Waals surface area contributed by atoms with Crippen molar-refractivity contribution < 1.29 is 9.53 Å². The minimum atomic E-state index is -0.434. The smallest absolute Gasteiger partial charge is 0.410 e. The van der Waals surface area contributed by atoms with Crippen molar-refractivity contribution in [3.8, 4) is 0 Å². The van der Waals surface area contributed by atoms with E-state index in [1.165, 1.54) is 0 Å². The summed E-state index contributed by atoms with van der Waals surface area (Å²) in [6.07, 6.45) is 7.21. The number of carbonyl (C=O) groups is 1. The van der Waals surface area contributed by atoms with E-state index >= 15 is 0 Å². The summed E-state index contributed by atoms with van der Waals surface area (Å²) in [6, 6.07) is 0.834. The molecule has 20 heavy (non-hydrogen) atoms. The first-order valence-electron chi connectivity index (χ1n) is 7.31. The maximum absolute atomic E-state index is 12.3. The van der Waals surface area contributed by atoms with Crippen LogP contribution in [0.25, 0.3) is 0 Å². The minimum Gasteiger partial charge on any atom is -0.444 e. The maximum Gasteiger partial charge on any atom is 0.410 e. The van der Waals surface area contributed by atoms with Crippen LogP contribution in [0.1, 0.15) is 52.5 Å². The Hall–Kier alpha value is -1.59. The Morgan fingerprint density at radius 2 is 1.65 bits per heavy atom. The predicted octanol–water partition coefficient (Wildman–Crippen LogP) is 2.38. The van der Waals surface area contributed by atoms with Gasteiger partial charge in [0.2, 0.25) is 0 Å². The van der Waals surface area contributed by atoms with E-state index in [2.05, 4.69) is 10.2 Å². The number of rotatable bonds is 1. The standard InChI is InChI=1S/C14H22N4O2/c1-14(2,3)20-13(19)17-10-4-5-11(17)9-12(8-10)18-15-6-7-16-18/h6-7,10-12H,4-5,8-9H2,1-3H3. The Kier molecular flexibility index (Phi) is 3.18. The van der Waals surface area contributed by atoms with Crippen LogP contribution in [0.4, 0.5) is 4.79 Å². The van der Waals surface area contributed by atoms with Gasteiger partial charge < -0.3 is 9.64 Å². The first-order chi connectivity index (χ1) is 9.44. The van der Waals surface area contributed by atoms with E-state index in [1.54, 1.807) is 17.2 Å². The van der Waals surface area contributed by atoms with Crippen molar-refractivity contribution in [2.24, 2.45) is 0 Å². The van der Waals surface area contributed by atoms with Crippen molar-refractivity contribution in [3.05, 3.63) is 12.4 Å². The van der Waals surface area contributed by atoms with Crippen LogP contribution >= 0.6 is 0 Å². The van der Waals surface area contributed by atoms with Crippen molar-refractivity contribution in [2.45, 2.75) is 70.2 Å². The van der Waals surface area contributed by atoms with Gasteiger partial charge in [0, 0.05) is 12.1 Å². The molecule has 2 aliphatic rings. The highest BCUT2D eigenvalue weighted by atomic mass is 16.6. The molecule has 2 saturated heterocycles. The molecule has 0 spiro atoms. The van der Waals surface area contributed by atoms with Gasteiger partial charge in [-0.25, -0.2) is 4.79 Å². The zero-order valence-corrected chi connectivity index (χ0v) is 12.3. The number of hydrogen-bond acceptors (Lipinski definition) is 4. The monoisotopic (exact) mass is 278 g/mol. The summed E-state index contributed by atoms with van der Waals surface area (Å²) in [4.78, 5) is 16.1. The third kappa shape index (κ3) is 2.51. The Morgan fingerprint density at radius 1 is 1.10 bits per heavy atom. The molecule has 0 N–H and O–H groups in total. The first kappa shape index (κ1) is 13.4. The first-order valence-corrected chi connectivity index (χ1v) is 7.31. The topological polar surface area (TPSA) is 60.2 Å². The number of hydrogen-bond donors (Lipinski definition) is 0. The molecule has 0 radical (unpaired) electrons. The van der Waals surface area contributed by atoms with Crippen LogP contribution in [-0.2, 0) is 4.74 Å². The number of fused-ring (bicyclic) bond motifs is 2. The number of ether oxygens (including phenoxy) is 1. The highest BCUT2D eigenvalue weighted by Gasteiger charge is 2.45. The highest BCUT2D eigenvalue weighted by molar-refractivity contribution is 5.69. The zero-order valence-electron chi connectivity index (χ0n) is 12.3. The average molecular weight is 278 g/mol. The number of aromatic nitrogens is 3. The summed E-state index contributed by atoms with van der Waals surface area (Å²) in [5.74, 6) is 0. The lowest BCUT2D eigenvalue weighted by atomic mass is 9.98. The fourth-order valence-electron chi connectivity index (χ4n) is 3.36. The van der Waals surface area contributed by atoms with Crippen molar-refractivity contribution in [1.82, 2.24) is 19.9 Å². The minimum absolute atomic E-state index is 0.170. The molecule has 110 valence electrons. The Morgan fingerprint density at radius 3 is 2.15 bits per heavy atom. The summed E-state index contributed by atoms with van der Waals surface area (Å²) in [5.41, 5.74) is -0.434. The second-order valence-electron chi connectivity index (χ2n) is 6.75. The number of piperidine rings is 1. The lowest BCUT2D eigenvalue weighted by Crippen LogP contribution is -2.49. The quantitative estimate of drug-likeness (QED) is 0.791. The Labute approximate surface area is 119 Å². The molecule has 0 aliphatic carbocycles. The largest absolute Gasteiger partial charge is 0.444 e. The maximum atomic E-state index is 12.3. The third-order valence-electron chi connectivity index (χ3n) is 4.08. The normalized spacial score (nSPS) is 29.6. The molecule has 6 nitrogen and oxygen atoms in total. The molecule has 6 heteroatoms. The van der Waals surface area contributed by atoms with Crippen molar-refractivity contribution in [3.63, 3.8) is 0 Å². The average Bonchev–Trinajstić information content (AvgIpc) is 2.94. The molecule has 2 aliphatic heterocycles. The van der Waals surface area contributed by atoms with Crippen molar-refractivity contribution >= 4 is 6.09 Å². The Bertz CT molecular complexity index is 466. The van der Waals surface area contributed by atoms with Crippen LogP contribution < -0.4 is 0 Å². The van der Waals surface area contributed by atoms with Crippen molar-refractivity contribution in [1.29, 1.82) is 0 Å². The van der Waals surface area contributed by atoms with Gasteiger partial charge in [0.05, 0.1) is 18.4 Å². The highest BCUT2D eigenvalue weighted by Crippen LogP contribution is 2.40. The predicted molar refractivity (Wildman–Crippen MR) is 73.2 cm³/mol. The lowest BCUT2D eigenvalue weighted by molar-refractivity contribution is 0.00152. The summed E-state index contributed by atoms with van der Waals surface area (Å²) in [7, 11) is 0. The molecule has 3 heterocycles. The molecule has 1 aromatic heterocycles. The van der Waals surface area contributed by atoms with Crippen LogP contribution in [0.15, 0.2) is 12.4 Å². The van der Waals surface area contributed by atoms with Gasteiger partial charge in [-0.1, -0.05) is 0 Å². The van der Waals surface area contributed by atoms with Crippen LogP contribution in [0, 0.1) is 0 Å². The van der Waals surface area contributed by atoms with Gasteiger partial charge >= 0.3 is 6.09 Å². The van der Waals surface area contributed by atoms with Crippen molar-refractivity contribution in [2.75, 3.05) is 0 Å². The molecule has 3 rings (SSSR count). The molecule has 2 bridgehead atoms. The van der Waals surface area contributed by atoms with Crippen LogP contribution in [-0.4, -0.2) is 43.7 Å². The zero-order chi connectivity index (χ0) is 14.3. The SMILES string of the molecule is CC(C)(C)OC(=O)N1C2CCC1CC(n1nccn1)C2. The summed E-state index contributed by atoms with van der Waals surface area (Å²) in [5, 5.41) is 8.47. The molecule has 0 aromatic carbocycles. The molecule has 0 saturated carbocycles. The van der Waals surface area contributed by atoms with Gasteiger partial charge in [-0.05, 0) is 46.5 Å². The van der Waals surface area contributed by atoms with E-state index in [1.807, 2.05) is 25.7 Å². The van der Waals surface area contributed by atoms with Gasteiger partial charge in [-0.15, -0.1) is 0 Å². The van der Waals surface area contributed by atoms with Crippen LogP contribution in [0.3, 0.4) is 0 Å². The van der Waals surface area contributed by atoms with Gasteiger partial charge in [-0.2, -0.15) is 15.0 Å². The second-order valence-corrected chi connectivity index (χ2v) is 6.75. The van der Waals surface area contributed by atoms with Gasteiger partial charge in [0.25, 0.3) is 0 Å². The van der Waals surface area contributed by atoms with Crippen LogP contribution in [0.5, 0.6) is 0 Å². The van der Waals surface area contributed by atoms with Crippen LogP contribution in [0.2, 0.25) is 0 Å². The Balaban J connectivity index is 1.70. The molecule has 1 amide bonds. The second kappa shape index (κ2) is 4.75. The van der Waals surface area contributed by atoms with Gasteiger partial charge in [-0.3, -0.25) is 0 Å². The third-order valence-corrected chi connectivity index (χ3v) is 4.08. The number of carbonyl (C=O) groups excluding carboxylic acids is 1. The molecular weight excluding hydrogens is 256 g/mol. The van der Waals surface area contributed by atoms with E-state index in [9.17, 15) is 4.79 Å². The van der Waals surface area contributed by atoms with E-state index in [0.29, 0.717) is 6.04 Å². The van der Waals surface area contributed by atoms with E-state index in [4.69, 9.17) is 4.74 Å². The van der Waals surface area contributed by atoms with Gasteiger partial charge in [0.1, 0.15) is 5.60 Å². The fourth-order valence-corrected chi connectivity index (χ4v) is 3.36. The molecule has 1 aromatic rings. The lowest BCUT2D eigenvalue weighted by Gasteiger charge is -2.39. The molecular formula is C14H22N4O2. The summed E-state index contributed by atoms with van der Waals surface area (Å²) >= 11 is 0. The van der Waals surface area contributed by atoms with Gasteiger partial charge in [0.15, 0.2) is 0 Å².